The molecule has 0 aromatic carbocycles. The highest BCUT2D eigenvalue weighted by Gasteiger charge is 2.22. The highest BCUT2D eigenvalue weighted by Crippen LogP contribution is 2.40. The maximum Gasteiger partial charge on any atom is -0.0161 e. The summed E-state index contributed by atoms with van der Waals surface area (Å²) in [7, 11) is 2.68. The Kier molecular flexibility index (Phi) is 4.09. The van der Waals surface area contributed by atoms with Crippen LogP contribution >= 0.6 is 16.4 Å². The highest BCUT2D eigenvalue weighted by molar-refractivity contribution is 7.28. The van der Waals surface area contributed by atoms with Gasteiger partial charge in [0.05, 0.1) is 0 Å². The molecule has 1 aliphatic carbocycles. The van der Waals surface area contributed by atoms with Crippen molar-refractivity contribution in [1.82, 2.24) is 0 Å². The largest absolute Gasteiger partial charge is 0.0765 e. The smallest absolute Gasteiger partial charge is 0.0161 e. The van der Waals surface area contributed by atoms with Gasteiger partial charge in [-0.05, 0) is 71.8 Å². The van der Waals surface area contributed by atoms with Gasteiger partial charge in [-0.25, -0.2) is 0 Å². The van der Waals surface area contributed by atoms with Gasteiger partial charge < -0.3 is 0 Å². The molecule has 0 N–H and O–H groups in total. The van der Waals surface area contributed by atoms with E-state index in [1.54, 1.807) is 11.1 Å². The Bertz CT molecular complexity index is 425. The normalized spacial score (nSPS) is 23.8. The first-order chi connectivity index (χ1) is 8.93. The Balaban J connectivity index is 1.65. The number of hydrogen-bond acceptors (Lipinski definition) is 0. The predicted octanol–water partition coefficient (Wildman–Crippen LogP) is 6.29. The Labute approximate surface area is 113 Å². The van der Waals surface area contributed by atoms with E-state index >= 15 is 0 Å². The summed E-state index contributed by atoms with van der Waals surface area (Å²) >= 11 is 0. The van der Waals surface area contributed by atoms with E-state index in [2.05, 4.69) is 47.5 Å². The lowest BCUT2D eigenvalue weighted by Crippen LogP contribution is -2.11. The van der Waals surface area contributed by atoms with Gasteiger partial charge in [0, 0.05) is 0 Å². The van der Waals surface area contributed by atoms with E-state index in [9.17, 15) is 0 Å². The average Bonchev–Trinajstić information content (AvgIpc) is 2.49. The minimum Gasteiger partial charge on any atom is -0.0765 e. The SMILES string of the molecule is c1cc(C2CCC(c3ccpcc3)CC2)ccp1. The Morgan fingerprint density at radius 1 is 0.611 bits per heavy atom. The van der Waals surface area contributed by atoms with Gasteiger partial charge >= 0.3 is 0 Å². The van der Waals surface area contributed by atoms with Gasteiger partial charge in [0.15, 0.2) is 0 Å². The molecule has 0 unspecified atom stereocenters. The highest BCUT2D eigenvalue weighted by atomic mass is 31.0. The van der Waals surface area contributed by atoms with Crippen molar-refractivity contribution in [2.75, 3.05) is 0 Å². The molecule has 0 nitrogen and oxygen atoms in total. The van der Waals surface area contributed by atoms with E-state index in [1.807, 2.05) is 0 Å². The summed E-state index contributed by atoms with van der Waals surface area (Å²) in [5, 5.41) is 0. The lowest BCUT2D eigenvalue weighted by molar-refractivity contribution is 0.396. The van der Waals surface area contributed by atoms with Crippen LogP contribution in [-0.2, 0) is 0 Å². The summed E-state index contributed by atoms with van der Waals surface area (Å²) < 4.78 is 0. The molecule has 2 aromatic rings. The van der Waals surface area contributed by atoms with Crippen molar-refractivity contribution in [2.24, 2.45) is 0 Å². The van der Waals surface area contributed by atoms with Crippen LogP contribution in [0.4, 0.5) is 0 Å². The maximum absolute atomic E-state index is 2.33. The molecule has 92 valence electrons. The van der Waals surface area contributed by atoms with Crippen LogP contribution in [0.5, 0.6) is 0 Å². The number of rotatable bonds is 2. The Hall–Kier alpha value is -0.700. The zero-order valence-corrected chi connectivity index (χ0v) is 12.3. The van der Waals surface area contributed by atoms with Gasteiger partial charge in [0.1, 0.15) is 0 Å². The van der Waals surface area contributed by atoms with Gasteiger partial charge in [-0.2, -0.15) is 0 Å². The van der Waals surface area contributed by atoms with Crippen molar-refractivity contribution >= 4 is 16.4 Å². The lowest BCUT2D eigenvalue weighted by atomic mass is 9.77. The van der Waals surface area contributed by atoms with E-state index in [0.29, 0.717) is 0 Å². The van der Waals surface area contributed by atoms with Gasteiger partial charge in [-0.1, -0.05) is 40.7 Å². The first kappa shape index (κ1) is 12.3. The molecule has 2 aromatic heterocycles. The first-order valence-corrected chi connectivity index (χ1v) is 8.80. The number of hydrogen-bond donors (Lipinski definition) is 0. The van der Waals surface area contributed by atoms with Crippen molar-refractivity contribution in [1.29, 1.82) is 0 Å². The third-order valence-corrected chi connectivity index (χ3v) is 5.37. The minimum atomic E-state index is 0.805. The second-order valence-electron chi connectivity index (χ2n) is 5.11. The summed E-state index contributed by atoms with van der Waals surface area (Å²) in [6.07, 6.45) is 5.42. The molecule has 2 heteroatoms. The second-order valence-corrected chi connectivity index (χ2v) is 6.90. The molecule has 1 saturated carbocycles. The van der Waals surface area contributed by atoms with E-state index in [0.717, 1.165) is 11.8 Å². The van der Waals surface area contributed by atoms with E-state index in [4.69, 9.17) is 0 Å². The van der Waals surface area contributed by atoms with Crippen LogP contribution in [0.1, 0.15) is 48.6 Å². The molecule has 1 fully saturated rings. The fourth-order valence-electron chi connectivity index (χ4n) is 3.03. The van der Waals surface area contributed by atoms with Gasteiger partial charge in [-0.3, -0.25) is 0 Å². The van der Waals surface area contributed by atoms with Crippen LogP contribution in [0, 0.1) is 0 Å². The van der Waals surface area contributed by atoms with Crippen LogP contribution in [-0.4, -0.2) is 0 Å². The summed E-state index contributed by atoms with van der Waals surface area (Å²) in [4.78, 5) is 0. The maximum atomic E-state index is 2.33. The average molecular weight is 272 g/mol. The molecule has 3 rings (SSSR count). The molecule has 18 heavy (non-hydrogen) atoms. The fraction of sp³-hybridized carbons (Fsp3) is 0.375. The van der Waals surface area contributed by atoms with Gasteiger partial charge in [-0.15, -0.1) is 0 Å². The monoisotopic (exact) mass is 272 g/mol. The quantitative estimate of drug-likeness (QED) is 0.602. The minimum absolute atomic E-state index is 0.805. The van der Waals surface area contributed by atoms with Crippen molar-refractivity contribution in [3.8, 4) is 0 Å². The molecule has 0 radical (unpaired) electrons. The molecule has 0 spiro atoms. The van der Waals surface area contributed by atoms with Crippen LogP contribution in [0.15, 0.2) is 47.5 Å². The van der Waals surface area contributed by atoms with E-state index in [-0.39, 0.29) is 0 Å². The van der Waals surface area contributed by atoms with Crippen molar-refractivity contribution < 1.29 is 0 Å². The first-order valence-electron chi connectivity index (χ1n) is 6.73. The molecule has 0 atom stereocenters. The van der Waals surface area contributed by atoms with E-state index < -0.39 is 0 Å². The van der Waals surface area contributed by atoms with Crippen LogP contribution < -0.4 is 0 Å². The lowest BCUT2D eigenvalue weighted by Gasteiger charge is -2.29. The van der Waals surface area contributed by atoms with Crippen molar-refractivity contribution in [3.05, 3.63) is 58.6 Å². The Morgan fingerprint density at radius 2 is 0.944 bits per heavy atom. The zero-order chi connectivity index (χ0) is 12.2. The van der Waals surface area contributed by atoms with Crippen LogP contribution in [0.2, 0.25) is 0 Å². The second kappa shape index (κ2) is 5.96. The van der Waals surface area contributed by atoms with Crippen LogP contribution in [0.3, 0.4) is 0 Å². The summed E-state index contributed by atoms with van der Waals surface area (Å²) in [5.41, 5.74) is 3.12. The summed E-state index contributed by atoms with van der Waals surface area (Å²) in [6, 6.07) is 9.33. The predicted molar refractivity (Wildman–Crippen MR) is 81.9 cm³/mol. The van der Waals surface area contributed by atoms with E-state index in [1.165, 1.54) is 42.1 Å². The molecule has 0 bridgehead atoms. The van der Waals surface area contributed by atoms with Crippen molar-refractivity contribution in [3.63, 3.8) is 0 Å². The zero-order valence-electron chi connectivity index (χ0n) is 10.5. The Morgan fingerprint density at radius 3 is 1.28 bits per heavy atom. The molecular weight excluding hydrogens is 254 g/mol. The molecule has 0 amide bonds. The summed E-state index contributed by atoms with van der Waals surface area (Å²) in [5.74, 6) is 10.7. The molecule has 2 heterocycles. The molecule has 1 aliphatic rings. The van der Waals surface area contributed by atoms with Gasteiger partial charge in [0.25, 0.3) is 0 Å². The topological polar surface area (TPSA) is 0 Å². The van der Waals surface area contributed by atoms with Gasteiger partial charge in [0.2, 0.25) is 0 Å². The third-order valence-electron chi connectivity index (χ3n) is 4.08. The standard InChI is InChI=1S/C16H18P2/c1-2-14(16-7-11-18-12-8-16)4-3-13(1)15-5-9-17-10-6-15/h5-14H,1-4H2. The van der Waals surface area contributed by atoms with Crippen molar-refractivity contribution in [2.45, 2.75) is 37.5 Å². The third kappa shape index (κ3) is 2.82. The van der Waals surface area contributed by atoms with Crippen LogP contribution in [0.25, 0.3) is 0 Å². The molecular formula is C16H18P2. The summed E-state index contributed by atoms with van der Waals surface area (Å²) in [6.45, 7) is 0. The molecule has 0 aliphatic heterocycles. The molecule has 0 saturated heterocycles. The fourth-order valence-corrected chi connectivity index (χ4v) is 4.26.